The first-order chi connectivity index (χ1) is 9.47. The number of rotatable bonds is 5. The minimum atomic E-state index is -4.05. The van der Waals surface area contributed by atoms with Crippen LogP contribution in [0.3, 0.4) is 0 Å². The first-order valence-corrected chi connectivity index (χ1v) is 7.54. The molecule has 0 aromatic heterocycles. The summed E-state index contributed by atoms with van der Waals surface area (Å²) in [5.74, 6) is -0.936. The van der Waals surface area contributed by atoms with E-state index in [0.29, 0.717) is 19.4 Å². The number of amides is 1. The zero-order valence-electron chi connectivity index (χ0n) is 11.7. The molecule has 116 valence electrons. The molecule has 1 aliphatic heterocycles. The highest BCUT2D eigenvalue weighted by atomic mass is 19.4. The average Bonchev–Trinajstić information content (AvgIpc) is 2.80. The van der Waals surface area contributed by atoms with Crippen molar-refractivity contribution in [2.45, 2.75) is 57.2 Å². The SMILES string of the molecule is O=C1CCCN1CCCNC1CCCC(C(F)(F)F)C1. The number of carbonyl (C=O) groups is 1. The lowest BCUT2D eigenvalue weighted by Crippen LogP contribution is -2.39. The van der Waals surface area contributed by atoms with Crippen molar-refractivity contribution in [1.29, 1.82) is 0 Å². The van der Waals surface area contributed by atoms with E-state index in [1.807, 2.05) is 4.90 Å². The number of hydrogen-bond acceptors (Lipinski definition) is 2. The molecule has 0 aromatic carbocycles. The number of likely N-dealkylation sites (tertiary alicyclic amines) is 1. The molecule has 2 aliphatic rings. The molecular formula is C14H23F3N2O. The maximum atomic E-state index is 12.7. The summed E-state index contributed by atoms with van der Waals surface area (Å²) in [6, 6.07) is -0.0235. The van der Waals surface area contributed by atoms with Gasteiger partial charge in [0, 0.05) is 25.6 Å². The standard InChI is InChI=1S/C14H23F3N2O/c15-14(16,17)11-4-1-5-12(10-11)18-7-3-9-19-8-2-6-13(19)20/h11-12,18H,1-10H2. The quantitative estimate of drug-likeness (QED) is 0.790. The van der Waals surface area contributed by atoms with E-state index in [1.165, 1.54) is 0 Å². The first kappa shape index (κ1) is 15.6. The van der Waals surface area contributed by atoms with Crippen LogP contribution in [0.15, 0.2) is 0 Å². The maximum absolute atomic E-state index is 12.7. The second-order valence-corrected chi connectivity index (χ2v) is 5.89. The second-order valence-electron chi connectivity index (χ2n) is 5.89. The van der Waals surface area contributed by atoms with Crippen molar-refractivity contribution in [3.63, 3.8) is 0 Å². The summed E-state index contributed by atoms with van der Waals surface area (Å²) in [5.41, 5.74) is 0. The van der Waals surface area contributed by atoms with Crippen LogP contribution in [0, 0.1) is 5.92 Å². The normalized spacial score (nSPS) is 28.1. The highest BCUT2D eigenvalue weighted by Gasteiger charge is 2.41. The molecule has 2 unspecified atom stereocenters. The van der Waals surface area contributed by atoms with Crippen molar-refractivity contribution < 1.29 is 18.0 Å². The lowest BCUT2D eigenvalue weighted by molar-refractivity contribution is -0.183. The molecule has 1 N–H and O–H groups in total. The van der Waals surface area contributed by atoms with Crippen LogP contribution in [0.25, 0.3) is 0 Å². The Morgan fingerprint density at radius 3 is 2.70 bits per heavy atom. The minimum absolute atomic E-state index is 0.0235. The fraction of sp³-hybridized carbons (Fsp3) is 0.929. The fourth-order valence-corrected chi connectivity index (χ4v) is 3.19. The number of nitrogens with one attached hydrogen (secondary N) is 1. The Hall–Kier alpha value is -0.780. The van der Waals surface area contributed by atoms with Crippen molar-refractivity contribution in [1.82, 2.24) is 10.2 Å². The van der Waals surface area contributed by atoms with E-state index < -0.39 is 12.1 Å². The Bertz CT molecular complexity index is 333. The zero-order valence-corrected chi connectivity index (χ0v) is 11.7. The summed E-state index contributed by atoms with van der Waals surface area (Å²) in [6.45, 7) is 2.25. The molecule has 20 heavy (non-hydrogen) atoms. The summed E-state index contributed by atoms with van der Waals surface area (Å²) in [6.07, 6.45) is 0.282. The number of nitrogens with zero attached hydrogens (tertiary/aromatic N) is 1. The molecule has 0 aromatic rings. The second kappa shape index (κ2) is 6.78. The van der Waals surface area contributed by atoms with Crippen LogP contribution in [0.1, 0.15) is 44.9 Å². The molecule has 0 bridgehead atoms. The van der Waals surface area contributed by atoms with Gasteiger partial charge in [-0.25, -0.2) is 0 Å². The molecule has 2 fully saturated rings. The van der Waals surface area contributed by atoms with E-state index in [9.17, 15) is 18.0 Å². The summed E-state index contributed by atoms with van der Waals surface area (Å²) >= 11 is 0. The van der Waals surface area contributed by atoms with Gasteiger partial charge in [0.1, 0.15) is 0 Å². The Kier molecular flexibility index (Phi) is 5.29. The molecule has 2 atom stereocenters. The van der Waals surface area contributed by atoms with E-state index in [2.05, 4.69) is 5.32 Å². The lowest BCUT2D eigenvalue weighted by atomic mass is 9.85. The highest BCUT2D eigenvalue weighted by Crippen LogP contribution is 2.37. The van der Waals surface area contributed by atoms with E-state index in [1.54, 1.807) is 0 Å². The van der Waals surface area contributed by atoms with Crippen LogP contribution in [0.5, 0.6) is 0 Å². The minimum Gasteiger partial charge on any atom is -0.343 e. The molecular weight excluding hydrogens is 269 g/mol. The Balaban J connectivity index is 1.63. The summed E-state index contributed by atoms with van der Waals surface area (Å²) in [7, 11) is 0. The van der Waals surface area contributed by atoms with Gasteiger partial charge in [0.2, 0.25) is 5.91 Å². The highest BCUT2D eigenvalue weighted by molar-refractivity contribution is 5.77. The zero-order chi connectivity index (χ0) is 14.6. The van der Waals surface area contributed by atoms with Gasteiger partial charge in [0.25, 0.3) is 0 Å². The van der Waals surface area contributed by atoms with Crippen molar-refractivity contribution in [3.05, 3.63) is 0 Å². The van der Waals surface area contributed by atoms with Gasteiger partial charge in [-0.3, -0.25) is 4.79 Å². The van der Waals surface area contributed by atoms with E-state index in [-0.39, 0.29) is 24.8 Å². The van der Waals surface area contributed by atoms with Gasteiger partial charge in [0.15, 0.2) is 0 Å². The molecule has 0 radical (unpaired) electrons. The third-order valence-corrected chi connectivity index (χ3v) is 4.35. The predicted molar refractivity (Wildman–Crippen MR) is 70.2 cm³/mol. The molecule has 1 heterocycles. The number of halogens is 3. The van der Waals surface area contributed by atoms with E-state index in [0.717, 1.165) is 32.4 Å². The van der Waals surface area contributed by atoms with Crippen LogP contribution < -0.4 is 5.32 Å². The largest absolute Gasteiger partial charge is 0.391 e. The maximum Gasteiger partial charge on any atom is 0.391 e. The van der Waals surface area contributed by atoms with E-state index >= 15 is 0 Å². The molecule has 1 aliphatic carbocycles. The van der Waals surface area contributed by atoms with Crippen molar-refractivity contribution >= 4 is 5.91 Å². The molecule has 1 saturated heterocycles. The average molecular weight is 292 g/mol. The van der Waals surface area contributed by atoms with Gasteiger partial charge in [-0.2, -0.15) is 13.2 Å². The predicted octanol–water partition coefficient (Wildman–Crippen LogP) is 2.71. The molecule has 2 rings (SSSR count). The first-order valence-electron chi connectivity index (χ1n) is 7.54. The van der Waals surface area contributed by atoms with Gasteiger partial charge in [-0.1, -0.05) is 6.42 Å². The molecule has 1 saturated carbocycles. The lowest BCUT2D eigenvalue weighted by Gasteiger charge is -2.31. The number of hydrogen-bond donors (Lipinski definition) is 1. The van der Waals surface area contributed by atoms with Crippen molar-refractivity contribution in [2.24, 2.45) is 5.92 Å². The molecule has 0 spiro atoms. The molecule has 3 nitrogen and oxygen atoms in total. The van der Waals surface area contributed by atoms with Gasteiger partial charge < -0.3 is 10.2 Å². The fourth-order valence-electron chi connectivity index (χ4n) is 3.19. The summed E-state index contributed by atoms with van der Waals surface area (Å²) in [4.78, 5) is 13.3. The van der Waals surface area contributed by atoms with Crippen LogP contribution in [0.2, 0.25) is 0 Å². The molecule has 1 amide bonds. The molecule has 6 heteroatoms. The van der Waals surface area contributed by atoms with Gasteiger partial charge in [0.05, 0.1) is 5.92 Å². The smallest absolute Gasteiger partial charge is 0.343 e. The van der Waals surface area contributed by atoms with Crippen molar-refractivity contribution in [2.75, 3.05) is 19.6 Å². The Morgan fingerprint density at radius 1 is 1.25 bits per heavy atom. The van der Waals surface area contributed by atoms with E-state index in [4.69, 9.17) is 0 Å². The third-order valence-electron chi connectivity index (χ3n) is 4.35. The van der Waals surface area contributed by atoms with Gasteiger partial charge in [-0.15, -0.1) is 0 Å². The van der Waals surface area contributed by atoms with Crippen LogP contribution in [-0.4, -0.2) is 42.7 Å². The third kappa shape index (κ3) is 4.36. The van der Waals surface area contributed by atoms with Gasteiger partial charge in [-0.05, 0) is 38.6 Å². The van der Waals surface area contributed by atoms with Crippen LogP contribution >= 0.6 is 0 Å². The number of carbonyl (C=O) groups excluding carboxylic acids is 1. The number of alkyl halides is 3. The Morgan fingerprint density at radius 2 is 2.05 bits per heavy atom. The Labute approximate surface area is 117 Å². The topological polar surface area (TPSA) is 32.3 Å². The van der Waals surface area contributed by atoms with Crippen LogP contribution in [-0.2, 0) is 4.79 Å². The van der Waals surface area contributed by atoms with Crippen molar-refractivity contribution in [3.8, 4) is 0 Å². The monoisotopic (exact) mass is 292 g/mol. The summed E-state index contributed by atoms with van der Waals surface area (Å²) < 4.78 is 38.0. The van der Waals surface area contributed by atoms with Gasteiger partial charge >= 0.3 is 6.18 Å². The summed E-state index contributed by atoms with van der Waals surface area (Å²) in [5, 5.41) is 3.22. The van der Waals surface area contributed by atoms with Crippen LogP contribution in [0.4, 0.5) is 13.2 Å².